The highest BCUT2D eigenvalue weighted by atomic mass is 32.1. The molecule has 3 heterocycles. The summed E-state index contributed by atoms with van der Waals surface area (Å²) in [7, 11) is 0. The van der Waals surface area contributed by atoms with Crippen molar-refractivity contribution in [3.05, 3.63) is 53.1 Å². The number of ether oxygens (including phenoxy) is 1. The van der Waals surface area contributed by atoms with Gasteiger partial charge >= 0.3 is 0 Å². The Morgan fingerprint density at radius 1 is 1.23 bits per heavy atom. The van der Waals surface area contributed by atoms with Crippen LogP contribution in [-0.2, 0) is 0 Å². The standard InChI is InChI=1S/C24H28N4O2S/c1-3-27-9-11-28(12-10-27)24-26-20-14-16(2)18(15-22(20)31-24)23(29)25-19-8-13-30-21-7-5-4-6-17(19)21/h4-7,14-15,19H,3,8-13H2,1-2H3,(H,25,29). The fraction of sp³-hybridized carbons (Fsp3) is 0.417. The van der Waals surface area contributed by atoms with E-state index in [0.717, 1.165) is 76.9 Å². The van der Waals surface area contributed by atoms with Gasteiger partial charge in [-0.25, -0.2) is 4.98 Å². The molecule has 1 N–H and O–H groups in total. The van der Waals surface area contributed by atoms with Crippen LogP contribution in [0.4, 0.5) is 5.13 Å². The molecule has 0 radical (unpaired) electrons. The number of hydrogen-bond acceptors (Lipinski definition) is 6. The molecule has 3 aromatic rings. The molecule has 5 rings (SSSR count). The van der Waals surface area contributed by atoms with Crippen LogP contribution in [0.2, 0.25) is 0 Å². The van der Waals surface area contributed by atoms with E-state index in [1.54, 1.807) is 11.3 Å². The highest BCUT2D eigenvalue weighted by Gasteiger charge is 2.24. The zero-order chi connectivity index (χ0) is 21.4. The highest BCUT2D eigenvalue weighted by Crippen LogP contribution is 2.34. The minimum absolute atomic E-state index is 0.0283. The topological polar surface area (TPSA) is 57.7 Å². The Balaban J connectivity index is 1.37. The number of aryl methyl sites for hydroxylation is 1. The second-order valence-corrected chi connectivity index (χ2v) is 9.26. The van der Waals surface area contributed by atoms with Crippen LogP contribution in [0.1, 0.15) is 40.9 Å². The Kier molecular flexibility index (Phi) is 5.54. The van der Waals surface area contributed by atoms with Crippen LogP contribution in [-0.4, -0.2) is 55.1 Å². The molecule has 2 aromatic carbocycles. The second-order valence-electron chi connectivity index (χ2n) is 8.25. The summed E-state index contributed by atoms with van der Waals surface area (Å²) in [6, 6.07) is 12.0. The summed E-state index contributed by atoms with van der Waals surface area (Å²) >= 11 is 1.68. The summed E-state index contributed by atoms with van der Waals surface area (Å²) < 4.78 is 6.80. The number of amides is 1. The van der Waals surface area contributed by atoms with E-state index in [4.69, 9.17) is 9.72 Å². The Labute approximate surface area is 186 Å². The minimum atomic E-state index is -0.0346. The fourth-order valence-electron chi connectivity index (χ4n) is 4.43. The third-order valence-electron chi connectivity index (χ3n) is 6.32. The van der Waals surface area contributed by atoms with Gasteiger partial charge in [0.05, 0.1) is 22.9 Å². The number of thiazole rings is 1. The summed E-state index contributed by atoms with van der Waals surface area (Å²) in [5.74, 6) is 0.828. The number of carbonyl (C=O) groups excluding carboxylic acids is 1. The first-order chi connectivity index (χ1) is 15.1. The number of fused-ring (bicyclic) bond motifs is 2. The molecule has 0 saturated carbocycles. The van der Waals surface area contributed by atoms with Gasteiger partial charge in [0.1, 0.15) is 5.75 Å². The zero-order valence-corrected chi connectivity index (χ0v) is 18.9. The summed E-state index contributed by atoms with van der Waals surface area (Å²) in [6.07, 6.45) is 0.776. The van der Waals surface area contributed by atoms with E-state index in [2.05, 4.69) is 22.0 Å². The molecule has 1 amide bonds. The zero-order valence-electron chi connectivity index (χ0n) is 18.1. The molecule has 162 valence electrons. The molecule has 7 heteroatoms. The maximum absolute atomic E-state index is 13.2. The molecular weight excluding hydrogens is 408 g/mol. The number of nitrogens with zero attached hydrogens (tertiary/aromatic N) is 3. The van der Waals surface area contributed by atoms with Crippen molar-refractivity contribution in [2.45, 2.75) is 26.3 Å². The molecule has 0 bridgehead atoms. The number of benzene rings is 2. The lowest BCUT2D eigenvalue weighted by atomic mass is 9.99. The summed E-state index contributed by atoms with van der Waals surface area (Å²) in [5.41, 5.74) is 3.70. The van der Waals surface area contributed by atoms with Crippen molar-refractivity contribution in [2.24, 2.45) is 0 Å². The van der Waals surface area contributed by atoms with E-state index in [9.17, 15) is 4.79 Å². The van der Waals surface area contributed by atoms with Gasteiger partial charge in [-0.2, -0.15) is 0 Å². The van der Waals surface area contributed by atoms with Gasteiger partial charge in [-0.05, 0) is 37.2 Å². The molecule has 1 fully saturated rings. The Bertz CT molecular complexity index is 1100. The smallest absolute Gasteiger partial charge is 0.252 e. The number of rotatable bonds is 4. The Morgan fingerprint density at radius 2 is 2.03 bits per heavy atom. The lowest BCUT2D eigenvalue weighted by Gasteiger charge is -2.33. The average molecular weight is 437 g/mol. The predicted molar refractivity (Wildman–Crippen MR) is 125 cm³/mol. The first kappa shape index (κ1) is 20.3. The first-order valence-corrected chi connectivity index (χ1v) is 11.8. The van der Waals surface area contributed by atoms with E-state index < -0.39 is 0 Å². The highest BCUT2D eigenvalue weighted by molar-refractivity contribution is 7.22. The largest absolute Gasteiger partial charge is 0.493 e. The van der Waals surface area contributed by atoms with E-state index >= 15 is 0 Å². The van der Waals surface area contributed by atoms with Crippen molar-refractivity contribution < 1.29 is 9.53 Å². The molecule has 1 atom stereocenters. The number of likely N-dealkylation sites (N-methyl/N-ethyl adjacent to an activating group) is 1. The van der Waals surface area contributed by atoms with Gasteiger partial charge in [0, 0.05) is 43.7 Å². The number of para-hydroxylation sites is 1. The van der Waals surface area contributed by atoms with Gasteiger partial charge in [0.2, 0.25) is 0 Å². The normalized spacial score (nSPS) is 19.2. The Hall–Kier alpha value is -2.64. The van der Waals surface area contributed by atoms with Gasteiger partial charge < -0.3 is 19.9 Å². The summed E-state index contributed by atoms with van der Waals surface area (Å²) in [5, 5.41) is 4.28. The monoisotopic (exact) mass is 436 g/mol. The van der Waals surface area contributed by atoms with Gasteiger partial charge in [-0.15, -0.1) is 0 Å². The van der Waals surface area contributed by atoms with Crippen molar-refractivity contribution >= 4 is 32.6 Å². The van der Waals surface area contributed by atoms with Crippen LogP contribution in [0.5, 0.6) is 5.75 Å². The summed E-state index contributed by atoms with van der Waals surface area (Å²) in [4.78, 5) is 22.9. The first-order valence-electron chi connectivity index (χ1n) is 11.0. The number of carbonyl (C=O) groups is 1. The maximum atomic E-state index is 13.2. The fourth-order valence-corrected chi connectivity index (χ4v) is 5.47. The van der Waals surface area contributed by atoms with Crippen molar-refractivity contribution in [3.63, 3.8) is 0 Å². The quantitative estimate of drug-likeness (QED) is 0.670. The van der Waals surface area contributed by atoms with Crippen LogP contribution in [0.25, 0.3) is 10.2 Å². The van der Waals surface area contributed by atoms with Crippen LogP contribution in [0, 0.1) is 6.92 Å². The van der Waals surface area contributed by atoms with Crippen LogP contribution in [0.15, 0.2) is 36.4 Å². The van der Waals surface area contributed by atoms with Gasteiger partial charge in [-0.1, -0.05) is 36.5 Å². The van der Waals surface area contributed by atoms with Crippen molar-refractivity contribution in [3.8, 4) is 5.75 Å². The van der Waals surface area contributed by atoms with E-state index in [1.807, 2.05) is 43.3 Å². The third kappa shape index (κ3) is 4.00. The predicted octanol–water partition coefficient (Wildman–Crippen LogP) is 4.00. The van der Waals surface area contributed by atoms with Crippen molar-refractivity contribution in [1.29, 1.82) is 0 Å². The van der Waals surface area contributed by atoms with Gasteiger partial charge in [0.25, 0.3) is 5.91 Å². The lowest BCUT2D eigenvalue weighted by molar-refractivity contribution is 0.0924. The number of nitrogens with one attached hydrogen (secondary N) is 1. The minimum Gasteiger partial charge on any atom is -0.493 e. The molecule has 6 nitrogen and oxygen atoms in total. The molecule has 2 aliphatic rings. The average Bonchev–Trinajstić information content (AvgIpc) is 3.21. The number of anilines is 1. The Morgan fingerprint density at radius 3 is 2.84 bits per heavy atom. The van der Waals surface area contributed by atoms with Gasteiger partial charge in [-0.3, -0.25) is 4.79 Å². The van der Waals surface area contributed by atoms with Crippen LogP contribution < -0.4 is 15.0 Å². The molecule has 1 saturated heterocycles. The molecule has 0 aliphatic carbocycles. The molecule has 1 aromatic heterocycles. The molecule has 1 unspecified atom stereocenters. The van der Waals surface area contributed by atoms with E-state index in [-0.39, 0.29) is 11.9 Å². The second kappa shape index (κ2) is 8.48. The van der Waals surface area contributed by atoms with Crippen molar-refractivity contribution in [1.82, 2.24) is 15.2 Å². The molecule has 0 spiro atoms. The van der Waals surface area contributed by atoms with Crippen molar-refractivity contribution in [2.75, 3.05) is 44.2 Å². The van der Waals surface area contributed by atoms with E-state index in [0.29, 0.717) is 6.61 Å². The van der Waals surface area contributed by atoms with E-state index in [1.165, 1.54) is 0 Å². The molecule has 2 aliphatic heterocycles. The number of hydrogen-bond donors (Lipinski definition) is 1. The van der Waals surface area contributed by atoms with Gasteiger partial charge in [0.15, 0.2) is 5.13 Å². The van der Waals surface area contributed by atoms with Crippen LogP contribution >= 0.6 is 11.3 Å². The maximum Gasteiger partial charge on any atom is 0.252 e. The SMILES string of the molecule is CCN1CCN(c2nc3cc(C)c(C(=O)NC4CCOc5ccccc54)cc3s2)CC1. The molecule has 31 heavy (non-hydrogen) atoms. The molecular formula is C24H28N4O2S. The lowest BCUT2D eigenvalue weighted by Crippen LogP contribution is -2.46. The summed E-state index contributed by atoms with van der Waals surface area (Å²) in [6.45, 7) is 10.1. The number of piperazine rings is 1. The third-order valence-corrected chi connectivity index (χ3v) is 7.40. The van der Waals surface area contributed by atoms with Crippen LogP contribution in [0.3, 0.4) is 0 Å². The number of aromatic nitrogens is 1.